The van der Waals surface area contributed by atoms with Gasteiger partial charge in [-0.05, 0) is 24.0 Å². The van der Waals surface area contributed by atoms with E-state index in [1.54, 1.807) is 10.8 Å². The van der Waals surface area contributed by atoms with Crippen molar-refractivity contribution in [2.24, 2.45) is 0 Å². The fourth-order valence-electron chi connectivity index (χ4n) is 3.79. The van der Waals surface area contributed by atoms with Gasteiger partial charge in [-0.3, -0.25) is 14.2 Å². The molecule has 1 aliphatic rings. The van der Waals surface area contributed by atoms with E-state index in [1.807, 2.05) is 17.5 Å². The maximum absolute atomic E-state index is 13.4. The number of thiazole rings is 1. The number of rotatable bonds is 6. The molecule has 1 aliphatic carbocycles. The number of fused-ring (bicyclic) bond motifs is 2. The highest BCUT2D eigenvalue weighted by Crippen LogP contribution is 2.35. The quantitative estimate of drug-likeness (QED) is 0.339. The highest BCUT2D eigenvalue weighted by molar-refractivity contribution is 7.99. The molecule has 3 heterocycles. The first-order chi connectivity index (χ1) is 14.7. The zero-order chi connectivity index (χ0) is 20.5. The lowest BCUT2D eigenvalue weighted by Crippen LogP contribution is -2.28. The van der Waals surface area contributed by atoms with Crippen LogP contribution in [0.2, 0.25) is 0 Å². The van der Waals surface area contributed by atoms with Gasteiger partial charge in [0, 0.05) is 24.0 Å². The molecule has 0 saturated heterocycles. The molecular formula is C21H17N5O2S2. The standard InChI is InChI=1S/C21H17N5O2S2/c27-14(11-17-22-9-10-29-17)12-30-21-25-19-18(23-7-8-24-19)20(28)26(21)16-6-5-13-3-1-2-4-15(13)16/h1-4,7-10,16H,5-6,11-12H2. The smallest absolute Gasteiger partial charge is 0.282 e. The molecule has 1 atom stereocenters. The summed E-state index contributed by atoms with van der Waals surface area (Å²) < 4.78 is 1.70. The Labute approximate surface area is 180 Å². The first-order valence-electron chi connectivity index (χ1n) is 9.54. The number of carbonyl (C=O) groups is 1. The van der Waals surface area contributed by atoms with Crippen LogP contribution in [0.15, 0.2) is 58.2 Å². The van der Waals surface area contributed by atoms with E-state index in [0.717, 1.165) is 23.4 Å². The summed E-state index contributed by atoms with van der Waals surface area (Å²) in [5.41, 5.74) is 2.70. The van der Waals surface area contributed by atoms with Crippen LogP contribution in [0.3, 0.4) is 0 Å². The maximum Gasteiger partial charge on any atom is 0.282 e. The molecule has 7 nitrogen and oxygen atoms in total. The molecule has 0 amide bonds. The Hall–Kier alpha value is -2.91. The van der Waals surface area contributed by atoms with Crippen molar-refractivity contribution in [3.8, 4) is 0 Å². The molecule has 0 N–H and O–H groups in total. The number of nitrogens with zero attached hydrogens (tertiary/aromatic N) is 5. The van der Waals surface area contributed by atoms with Gasteiger partial charge >= 0.3 is 0 Å². The Morgan fingerprint density at radius 1 is 1.17 bits per heavy atom. The van der Waals surface area contributed by atoms with Crippen molar-refractivity contribution in [2.75, 3.05) is 5.75 Å². The van der Waals surface area contributed by atoms with E-state index in [9.17, 15) is 9.59 Å². The van der Waals surface area contributed by atoms with Gasteiger partial charge in [0.05, 0.1) is 23.2 Å². The Morgan fingerprint density at radius 3 is 2.90 bits per heavy atom. The summed E-state index contributed by atoms with van der Waals surface area (Å²) in [5.74, 6) is 0.258. The maximum atomic E-state index is 13.4. The predicted molar refractivity (Wildman–Crippen MR) is 116 cm³/mol. The summed E-state index contributed by atoms with van der Waals surface area (Å²) in [6.45, 7) is 0. The Balaban J connectivity index is 1.53. The van der Waals surface area contributed by atoms with Crippen molar-refractivity contribution < 1.29 is 4.79 Å². The third kappa shape index (κ3) is 3.54. The third-order valence-corrected chi connectivity index (χ3v) is 6.91. The fraction of sp³-hybridized carbons (Fsp3) is 0.238. The summed E-state index contributed by atoms with van der Waals surface area (Å²) >= 11 is 2.74. The van der Waals surface area contributed by atoms with Crippen molar-refractivity contribution in [3.63, 3.8) is 0 Å². The molecule has 1 aromatic carbocycles. The number of hydrogen-bond acceptors (Lipinski definition) is 8. The molecule has 0 saturated carbocycles. The number of aryl methyl sites for hydroxylation is 1. The van der Waals surface area contributed by atoms with Gasteiger partial charge in [0.25, 0.3) is 5.56 Å². The Kier molecular flexibility index (Phi) is 5.14. The highest BCUT2D eigenvalue weighted by atomic mass is 32.2. The van der Waals surface area contributed by atoms with Crippen molar-refractivity contribution in [1.29, 1.82) is 0 Å². The van der Waals surface area contributed by atoms with E-state index in [1.165, 1.54) is 41.1 Å². The first-order valence-corrected chi connectivity index (χ1v) is 11.4. The number of ketones is 1. The number of Topliss-reactive ketones (excluding diaryl/α,β-unsaturated/α-hetero) is 1. The van der Waals surface area contributed by atoms with Crippen LogP contribution in [0.4, 0.5) is 0 Å². The van der Waals surface area contributed by atoms with Crippen LogP contribution in [0.5, 0.6) is 0 Å². The molecule has 0 spiro atoms. The van der Waals surface area contributed by atoms with E-state index < -0.39 is 0 Å². The summed E-state index contributed by atoms with van der Waals surface area (Å²) in [6, 6.07) is 8.03. The van der Waals surface area contributed by atoms with E-state index in [0.29, 0.717) is 10.8 Å². The van der Waals surface area contributed by atoms with Gasteiger partial charge in [0.15, 0.2) is 16.3 Å². The summed E-state index contributed by atoms with van der Waals surface area (Å²) in [5, 5.41) is 3.15. The van der Waals surface area contributed by atoms with Crippen molar-refractivity contribution >= 4 is 40.0 Å². The zero-order valence-electron chi connectivity index (χ0n) is 15.9. The minimum atomic E-state index is -0.218. The lowest BCUT2D eigenvalue weighted by atomic mass is 10.1. The monoisotopic (exact) mass is 435 g/mol. The van der Waals surface area contributed by atoms with E-state index in [-0.39, 0.29) is 35.1 Å². The second-order valence-electron chi connectivity index (χ2n) is 6.98. The van der Waals surface area contributed by atoms with E-state index in [2.05, 4.69) is 32.1 Å². The van der Waals surface area contributed by atoms with Gasteiger partial charge in [0.1, 0.15) is 5.78 Å². The topological polar surface area (TPSA) is 90.6 Å². The van der Waals surface area contributed by atoms with Crippen molar-refractivity contribution in [3.05, 3.63) is 74.7 Å². The molecule has 0 bridgehead atoms. The lowest BCUT2D eigenvalue weighted by molar-refractivity contribution is -0.116. The van der Waals surface area contributed by atoms with Crippen LogP contribution in [-0.4, -0.2) is 36.0 Å². The van der Waals surface area contributed by atoms with Crippen LogP contribution in [-0.2, 0) is 17.6 Å². The van der Waals surface area contributed by atoms with Crippen LogP contribution in [0.1, 0.15) is 28.6 Å². The normalized spacial score (nSPS) is 15.4. The van der Waals surface area contributed by atoms with Crippen LogP contribution < -0.4 is 5.56 Å². The Bertz CT molecular complexity index is 1290. The first kappa shape index (κ1) is 19.1. The highest BCUT2D eigenvalue weighted by Gasteiger charge is 2.28. The van der Waals surface area contributed by atoms with Crippen molar-refractivity contribution in [1.82, 2.24) is 24.5 Å². The molecular weight excluding hydrogens is 418 g/mol. The molecule has 4 aromatic rings. The minimum absolute atomic E-state index is 0.0433. The number of thioether (sulfide) groups is 1. The molecule has 1 unspecified atom stereocenters. The number of aromatic nitrogens is 5. The second kappa shape index (κ2) is 8.08. The van der Waals surface area contributed by atoms with Gasteiger partial charge in [-0.2, -0.15) is 0 Å². The Morgan fingerprint density at radius 2 is 2.03 bits per heavy atom. The zero-order valence-corrected chi connectivity index (χ0v) is 17.5. The fourth-order valence-corrected chi connectivity index (χ4v) is 5.33. The van der Waals surface area contributed by atoms with E-state index in [4.69, 9.17) is 0 Å². The average molecular weight is 436 g/mol. The van der Waals surface area contributed by atoms with Gasteiger partial charge in [-0.25, -0.2) is 19.9 Å². The van der Waals surface area contributed by atoms with Gasteiger partial charge < -0.3 is 0 Å². The van der Waals surface area contributed by atoms with Gasteiger partial charge in [-0.1, -0.05) is 36.0 Å². The number of hydrogen-bond donors (Lipinski definition) is 0. The van der Waals surface area contributed by atoms with Gasteiger partial charge in [0.2, 0.25) is 0 Å². The average Bonchev–Trinajstić information content (AvgIpc) is 3.42. The second-order valence-corrected chi connectivity index (χ2v) is 8.90. The summed E-state index contributed by atoms with van der Waals surface area (Å²) in [6.07, 6.45) is 6.72. The number of carbonyl (C=O) groups excluding carboxylic acids is 1. The van der Waals surface area contributed by atoms with E-state index >= 15 is 0 Å². The van der Waals surface area contributed by atoms with Crippen molar-refractivity contribution in [2.45, 2.75) is 30.5 Å². The molecule has 0 aliphatic heterocycles. The largest absolute Gasteiger partial charge is 0.298 e. The molecule has 3 aromatic heterocycles. The summed E-state index contributed by atoms with van der Waals surface area (Å²) in [4.78, 5) is 43.0. The van der Waals surface area contributed by atoms with Gasteiger partial charge in [-0.15, -0.1) is 11.3 Å². The molecule has 0 radical (unpaired) electrons. The van der Waals surface area contributed by atoms with Crippen LogP contribution in [0.25, 0.3) is 11.2 Å². The molecule has 30 heavy (non-hydrogen) atoms. The minimum Gasteiger partial charge on any atom is -0.298 e. The third-order valence-electron chi connectivity index (χ3n) is 5.11. The predicted octanol–water partition coefficient (Wildman–Crippen LogP) is 3.08. The molecule has 9 heteroatoms. The van der Waals surface area contributed by atoms with Crippen LogP contribution in [0, 0.1) is 0 Å². The molecule has 5 rings (SSSR count). The SMILES string of the molecule is O=C(CSc1nc2nccnc2c(=O)n1C1CCc2ccccc21)Cc1nccs1. The molecule has 0 fully saturated rings. The number of benzene rings is 1. The van der Waals surface area contributed by atoms with Crippen LogP contribution >= 0.6 is 23.1 Å². The lowest BCUT2D eigenvalue weighted by Gasteiger charge is -2.19. The molecule has 150 valence electrons. The summed E-state index contributed by atoms with van der Waals surface area (Å²) in [7, 11) is 0.